The molecule has 3 aromatic rings. The third-order valence-electron chi connectivity index (χ3n) is 3.51. The monoisotopic (exact) mass is 282 g/mol. The van der Waals surface area contributed by atoms with E-state index in [4.69, 9.17) is 5.73 Å². The standard InChI is InChI=1S/C17H18N2S/c1-2-6-15-16(20-17(18)19-15)11-13-9-5-8-12-7-3-4-10-14(12)13/h3-5,7-10H,2,6,11H2,1H3,(H2,18,19). The maximum absolute atomic E-state index is 5.88. The Labute approximate surface area is 123 Å². The van der Waals surface area contributed by atoms with Gasteiger partial charge < -0.3 is 5.73 Å². The van der Waals surface area contributed by atoms with E-state index in [1.54, 1.807) is 11.3 Å². The molecule has 0 amide bonds. The number of nitrogen functional groups attached to an aromatic ring is 1. The summed E-state index contributed by atoms with van der Waals surface area (Å²) in [4.78, 5) is 5.78. The van der Waals surface area contributed by atoms with Gasteiger partial charge in [0.05, 0.1) is 5.69 Å². The summed E-state index contributed by atoms with van der Waals surface area (Å²) >= 11 is 1.62. The van der Waals surface area contributed by atoms with Crippen LogP contribution in [0.1, 0.15) is 29.5 Å². The summed E-state index contributed by atoms with van der Waals surface area (Å²) in [7, 11) is 0. The fourth-order valence-electron chi connectivity index (χ4n) is 2.59. The highest BCUT2D eigenvalue weighted by Gasteiger charge is 2.11. The van der Waals surface area contributed by atoms with Gasteiger partial charge in [-0.25, -0.2) is 4.98 Å². The topological polar surface area (TPSA) is 38.9 Å². The first-order chi connectivity index (χ1) is 9.78. The van der Waals surface area contributed by atoms with E-state index in [0.29, 0.717) is 5.13 Å². The second-order valence-electron chi connectivity index (χ2n) is 4.99. The van der Waals surface area contributed by atoms with Gasteiger partial charge in [0.15, 0.2) is 5.13 Å². The van der Waals surface area contributed by atoms with E-state index < -0.39 is 0 Å². The largest absolute Gasteiger partial charge is 0.375 e. The van der Waals surface area contributed by atoms with Gasteiger partial charge in [0.2, 0.25) is 0 Å². The van der Waals surface area contributed by atoms with Crippen LogP contribution >= 0.6 is 11.3 Å². The maximum Gasteiger partial charge on any atom is 0.180 e. The Morgan fingerprint density at radius 2 is 1.90 bits per heavy atom. The Morgan fingerprint density at radius 3 is 2.75 bits per heavy atom. The second-order valence-corrected chi connectivity index (χ2v) is 6.10. The molecular weight excluding hydrogens is 264 g/mol. The molecule has 0 saturated heterocycles. The molecule has 20 heavy (non-hydrogen) atoms. The van der Waals surface area contributed by atoms with Gasteiger partial charge in [-0.2, -0.15) is 0 Å². The molecule has 0 saturated carbocycles. The zero-order valence-electron chi connectivity index (χ0n) is 11.6. The fraction of sp³-hybridized carbons (Fsp3) is 0.235. The summed E-state index contributed by atoms with van der Waals surface area (Å²) in [6.07, 6.45) is 3.03. The molecule has 0 radical (unpaired) electrons. The molecule has 3 heteroatoms. The van der Waals surface area contributed by atoms with Crippen molar-refractivity contribution in [3.8, 4) is 0 Å². The number of benzene rings is 2. The average molecular weight is 282 g/mol. The lowest BCUT2D eigenvalue weighted by Gasteiger charge is -2.06. The number of aryl methyl sites for hydroxylation is 1. The number of nitrogens with zero attached hydrogens (tertiary/aromatic N) is 1. The summed E-state index contributed by atoms with van der Waals surface area (Å²) in [6, 6.07) is 15.0. The molecule has 1 aromatic heterocycles. The lowest BCUT2D eigenvalue weighted by atomic mass is 10.0. The van der Waals surface area contributed by atoms with Gasteiger partial charge in [0.1, 0.15) is 0 Å². The van der Waals surface area contributed by atoms with Crippen LogP contribution < -0.4 is 5.73 Å². The van der Waals surface area contributed by atoms with Crippen LogP contribution in [0.5, 0.6) is 0 Å². The molecule has 0 fully saturated rings. The van der Waals surface area contributed by atoms with Crippen LogP contribution in [0.15, 0.2) is 42.5 Å². The predicted octanol–water partition coefficient (Wildman–Crippen LogP) is 4.42. The van der Waals surface area contributed by atoms with Crippen molar-refractivity contribution in [2.24, 2.45) is 0 Å². The van der Waals surface area contributed by atoms with Gasteiger partial charge in [-0.05, 0) is 22.8 Å². The Balaban J connectivity index is 2.01. The molecule has 102 valence electrons. The number of hydrogen-bond donors (Lipinski definition) is 1. The normalized spacial score (nSPS) is 11.1. The number of thiazole rings is 1. The van der Waals surface area contributed by atoms with Gasteiger partial charge in [-0.1, -0.05) is 55.8 Å². The van der Waals surface area contributed by atoms with Crippen molar-refractivity contribution in [3.05, 3.63) is 58.6 Å². The molecule has 3 rings (SSSR count). The highest BCUT2D eigenvalue weighted by molar-refractivity contribution is 7.15. The molecule has 0 spiro atoms. The number of rotatable bonds is 4. The minimum Gasteiger partial charge on any atom is -0.375 e. The van der Waals surface area contributed by atoms with E-state index in [1.165, 1.54) is 26.9 Å². The molecule has 0 aliphatic rings. The van der Waals surface area contributed by atoms with Crippen molar-refractivity contribution in [2.75, 3.05) is 5.73 Å². The second kappa shape index (κ2) is 5.63. The van der Waals surface area contributed by atoms with Crippen LogP contribution in [-0.4, -0.2) is 4.98 Å². The van der Waals surface area contributed by atoms with Crippen molar-refractivity contribution in [1.82, 2.24) is 4.98 Å². The first kappa shape index (κ1) is 13.1. The Hall–Kier alpha value is -1.87. The minimum absolute atomic E-state index is 0.684. The van der Waals surface area contributed by atoms with Crippen molar-refractivity contribution in [2.45, 2.75) is 26.2 Å². The Kier molecular flexibility index (Phi) is 3.70. The first-order valence-electron chi connectivity index (χ1n) is 6.98. The number of nitrogens with two attached hydrogens (primary N) is 1. The molecule has 1 heterocycles. The van der Waals surface area contributed by atoms with Crippen molar-refractivity contribution >= 4 is 27.2 Å². The van der Waals surface area contributed by atoms with Crippen molar-refractivity contribution < 1.29 is 0 Å². The summed E-state index contributed by atoms with van der Waals surface area (Å²) in [5, 5.41) is 3.30. The SMILES string of the molecule is CCCc1nc(N)sc1Cc1cccc2ccccc12. The molecule has 0 bridgehead atoms. The number of anilines is 1. The third kappa shape index (κ3) is 2.54. The first-order valence-corrected chi connectivity index (χ1v) is 7.80. The molecule has 0 aliphatic heterocycles. The van der Waals surface area contributed by atoms with Gasteiger partial charge >= 0.3 is 0 Å². The average Bonchev–Trinajstić information content (AvgIpc) is 2.80. The summed E-state index contributed by atoms with van der Waals surface area (Å²) in [6.45, 7) is 2.18. The number of hydrogen-bond acceptors (Lipinski definition) is 3. The van der Waals surface area contributed by atoms with E-state index in [9.17, 15) is 0 Å². The number of aromatic nitrogens is 1. The van der Waals surface area contributed by atoms with E-state index in [-0.39, 0.29) is 0 Å². The van der Waals surface area contributed by atoms with Crippen LogP contribution in [0.4, 0.5) is 5.13 Å². The van der Waals surface area contributed by atoms with Crippen molar-refractivity contribution in [1.29, 1.82) is 0 Å². The van der Waals surface area contributed by atoms with Crippen LogP contribution in [-0.2, 0) is 12.8 Å². The molecule has 0 aliphatic carbocycles. The lowest BCUT2D eigenvalue weighted by molar-refractivity contribution is 0.880. The fourth-order valence-corrected chi connectivity index (χ4v) is 3.49. The molecule has 2 N–H and O–H groups in total. The highest BCUT2D eigenvalue weighted by atomic mass is 32.1. The molecule has 0 atom stereocenters. The minimum atomic E-state index is 0.684. The molecule has 0 unspecified atom stereocenters. The summed E-state index contributed by atoms with van der Waals surface area (Å²) < 4.78 is 0. The predicted molar refractivity (Wildman–Crippen MR) is 87.3 cm³/mol. The molecule has 2 nitrogen and oxygen atoms in total. The van der Waals surface area contributed by atoms with Crippen LogP contribution in [0.25, 0.3) is 10.8 Å². The van der Waals surface area contributed by atoms with Gasteiger partial charge in [-0.3, -0.25) is 0 Å². The Bertz CT molecular complexity index is 725. The number of fused-ring (bicyclic) bond motifs is 1. The highest BCUT2D eigenvalue weighted by Crippen LogP contribution is 2.27. The zero-order valence-corrected chi connectivity index (χ0v) is 12.4. The summed E-state index contributed by atoms with van der Waals surface area (Å²) in [5.74, 6) is 0. The van der Waals surface area contributed by atoms with Crippen LogP contribution in [0.3, 0.4) is 0 Å². The summed E-state index contributed by atoms with van der Waals surface area (Å²) in [5.41, 5.74) is 8.40. The van der Waals surface area contributed by atoms with Crippen molar-refractivity contribution in [3.63, 3.8) is 0 Å². The van der Waals surface area contributed by atoms with E-state index in [1.807, 2.05) is 0 Å². The zero-order chi connectivity index (χ0) is 13.9. The Morgan fingerprint density at radius 1 is 1.10 bits per heavy atom. The van der Waals surface area contributed by atoms with E-state index in [0.717, 1.165) is 19.3 Å². The quantitative estimate of drug-likeness (QED) is 0.769. The van der Waals surface area contributed by atoms with Crippen LogP contribution in [0.2, 0.25) is 0 Å². The lowest BCUT2D eigenvalue weighted by Crippen LogP contribution is -1.93. The molecule has 2 aromatic carbocycles. The van der Waals surface area contributed by atoms with Crippen LogP contribution in [0, 0.1) is 0 Å². The van der Waals surface area contributed by atoms with E-state index >= 15 is 0 Å². The van der Waals surface area contributed by atoms with E-state index in [2.05, 4.69) is 54.4 Å². The third-order valence-corrected chi connectivity index (χ3v) is 4.44. The van der Waals surface area contributed by atoms with Gasteiger partial charge in [0.25, 0.3) is 0 Å². The molecular formula is C17H18N2S. The van der Waals surface area contributed by atoms with Gasteiger partial charge in [0, 0.05) is 11.3 Å². The van der Waals surface area contributed by atoms with Gasteiger partial charge in [-0.15, -0.1) is 11.3 Å². The smallest absolute Gasteiger partial charge is 0.180 e. The maximum atomic E-state index is 5.88.